The maximum Gasteiger partial charge on any atom is 0.233 e. The lowest BCUT2D eigenvalue weighted by Crippen LogP contribution is -2.27. The first kappa shape index (κ1) is 18.3. The van der Waals surface area contributed by atoms with E-state index in [2.05, 4.69) is 16.0 Å². The average Bonchev–Trinajstić information content (AvgIpc) is 3.03. The van der Waals surface area contributed by atoms with E-state index in [0.29, 0.717) is 18.9 Å². The van der Waals surface area contributed by atoms with Crippen LogP contribution in [0, 0.1) is 6.92 Å². The molecule has 6 heteroatoms. The summed E-state index contributed by atoms with van der Waals surface area (Å²) in [5, 5.41) is 0.772. The second-order valence-corrected chi connectivity index (χ2v) is 7.14. The molecule has 0 radical (unpaired) electrons. The number of fused-ring (bicyclic) bond motifs is 1. The van der Waals surface area contributed by atoms with Gasteiger partial charge in [-0.3, -0.25) is 4.79 Å². The fourth-order valence-electron chi connectivity index (χ4n) is 2.63. The van der Waals surface area contributed by atoms with Gasteiger partial charge in [0.1, 0.15) is 5.75 Å². The molecule has 1 heterocycles. The number of rotatable bonds is 7. The molecule has 3 rings (SSSR count). The predicted octanol–water partition coefficient (Wildman–Crippen LogP) is 4.02. The second-order valence-electron chi connectivity index (χ2n) is 6.18. The number of nitrogens with one attached hydrogen (secondary N) is 1. The Morgan fingerprint density at radius 2 is 2.00 bits per heavy atom. The van der Waals surface area contributed by atoms with Gasteiger partial charge in [-0.1, -0.05) is 30.0 Å². The largest absolute Gasteiger partial charge is 0.494 e. The Hall–Kier alpha value is -2.47. The summed E-state index contributed by atoms with van der Waals surface area (Å²) in [5.41, 5.74) is 4.19. The quantitative estimate of drug-likeness (QED) is 0.639. The van der Waals surface area contributed by atoms with Gasteiger partial charge in [0.05, 0.1) is 23.4 Å². The first-order valence-corrected chi connectivity index (χ1v) is 9.58. The van der Waals surface area contributed by atoms with E-state index in [1.165, 1.54) is 17.3 Å². The van der Waals surface area contributed by atoms with Crippen LogP contribution in [0.25, 0.3) is 11.0 Å². The SMILES string of the molecule is CCOc1ccc(CN(C)C(=O)CSc2nc3ccc(C)cc3[nH]2)cc1. The lowest BCUT2D eigenvalue weighted by atomic mass is 10.2. The average molecular weight is 369 g/mol. The Morgan fingerprint density at radius 3 is 2.73 bits per heavy atom. The number of aromatic nitrogens is 2. The molecule has 0 saturated carbocycles. The van der Waals surface area contributed by atoms with Gasteiger partial charge >= 0.3 is 0 Å². The van der Waals surface area contributed by atoms with E-state index in [4.69, 9.17) is 4.74 Å². The fourth-order valence-corrected chi connectivity index (χ4v) is 3.45. The van der Waals surface area contributed by atoms with E-state index in [1.54, 1.807) is 4.90 Å². The number of imidazole rings is 1. The molecule has 1 aromatic heterocycles. The number of nitrogens with zero attached hydrogens (tertiary/aromatic N) is 2. The number of thioether (sulfide) groups is 1. The molecular formula is C20H23N3O2S. The third-order valence-electron chi connectivity index (χ3n) is 4.03. The molecule has 0 aliphatic rings. The second kappa shape index (κ2) is 8.27. The normalized spacial score (nSPS) is 10.9. The molecule has 5 nitrogen and oxygen atoms in total. The topological polar surface area (TPSA) is 58.2 Å². The molecule has 0 atom stereocenters. The Kier molecular flexibility index (Phi) is 5.83. The van der Waals surface area contributed by atoms with Gasteiger partial charge in [0.2, 0.25) is 5.91 Å². The third-order valence-corrected chi connectivity index (χ3v) is 4.89. The van der Waals surface area contributed by atoms with Gasteiger partial charge in [0.15, 0.2) is 5.16 Å². The Labute approximate surface area is 157 Å². The highest BCUT2D eigenvalue weighted by Crippen LogP contribution is 2.21. The number of hydrogen-bond donors (Lipinski definition) is 1. The summed E-state index contributed by atoms with van der Waals surface area (Å²) in [7, 11) is 1.82. The van der Waals surface area contributed by atoms with Crippen LogP contribution in [0.4, 0.5) is 0 Å². The molecule has 0 saturated heterocycles. The van der Waals surface area contributed by atoms with E-state index in [0.717, 1.165) is 27.5 Å². The molecule has 1 N–H and O–H groups in total. The van der Waals surface area contributed by atoms with Crippen LogP contribution in [0.5, 0.6) is 5.75 Å². The van der Waals surface area contributed by atoms with Crippen molar-refractivity contribution in [3.63, 3.8) is 0 Å². The number of ether oxygens (including phenoxy) is 1. The van der Waals surface area contributed by atoms with E-state index in [-0.39, 0.29) is 5.91 Å². The van der Waals surface area contributed by atoms with Crippen molar-refractivity contribution in [1.82, 2.24) is 14.9 Å². The number of benzene rings is 2. The number of aromatic amines is 1. The molecule has 2 aromatic carbocycles. The highest BCUT2D eigenvalue weighted by molar-refractivity contribution is 7.99. The van der Waals surface area contributed by atoms with Crippen LogP contribution < -0.4 is 4.74 Å². The minimum absolute atomic E-state index is 0.0699. The highest BCUT2D eigenvalue weighted by Gasteiger charge is 2.12. The predicted molar refractivity (Wildman–Crippen MR) is 106 cm³/mol. The molecule has 136 valence electrons. The van der Waals surface area contributed by atoms with Gasteiger partial charge in [-0.15, -0.1) is 0 Å². The minimum Gasteiger partial charge on any atom is -0.494 e. The van der Waals surface area contributed by atoms with E-state index in [9.17, 15) is 4.79 Å². The van der Waals surface area contributed by atoms with Crippen LogP contribution in [-0.2, 0) is 11.3 Å². The van der Waals surface area contributed by atoms with Gasteiger partial charge in [-0.05, 0) is 49.2 Å². The van der Waals surface area contributed by atoms with Crippen molar-refractivity contribution in [3.8, 4) is 5.75 Å². The van der Waals surface area contributed by atoms with Crippen molar-refractivity contribution in [2.45, 2.75) is 25.5 Å². The van der Waals surface area contributed by atoms with Gasteiger partial charge < -0.3 is 14.6 Å². The first-order valence-electron chi connectivity index (χ1n) is 8.60. The van der Waals surface area contributed by atoms with Crippen LogP contribution in [0.15, 0.2) is 47.6 Å². The van der Waals surface area contributed by atoms with Crippen molar-refractivity contribution >= 4 is 28.7 Å². The van der Waals surface area contributed by atoms with Crippen molar-refractivity contribution < 1.29 is 9.53 Å². The summed E-state index contributed by atoms with van der Waals surface area (Å²) in [6, 6.07) is 13.9. The van der Waals surface area contributed by atoms with E-state index < -0.39 is 0 Å². The summed E-state index contributed by atoms with van der Waals surface area (Å²) in [4.78, 5) is 21.9. The van der Waals surface area contributed by atoms with Gasteiger partial charge in [0, 0.05) is 13.6 Å². The lowest BCUT2D eigenvalue weighted by Gasteiger charge is -2.17. The van der Waals surface area contributed by atoms with E-state index in [1.807, 2.05) is 57.3 Å². The van der Waals surface area contributed by atoms with Crippen LogP contribution in [-0.4, -0.2) is 40.2 Å². The van der Waals surface area contributed by atoms with Crippen LogP contribution in [0.2, 0.25) is 0 Å². The smallest absolute Gasteiger partial charge is 0.233 e. The van der Waals surface area contributed by atoms with Crippen molar-refractivity contribution in [2.75, 3.05) is 19.4 Å². The maximum atomic E-state index is 12.4. The molecule has 3 aromatic rings. The summed E-state index contributed by atoms with van der Waals surface area (Å²) >= 11 is 1.43. The molecule has 0 aliphatic heterocycles. The molecule has 0 bridgehead atoms. The zero-order valence-electron chi connectivity index (χ0n) is 15.3. The number of aryl methyl sites for hydroxylation is 1. The lowest BCUT2D eigenvalue weighted by molar-refractivity contribution is -0.127. The summed E-state index contributed by atoms with van der Waals surface area (Å²) in [5.74, 6) is 1.27. The molecule has 0 fully saturated rings. The molecule has 0 aliphatic carbocycles. The summed E-state index contributed by atoms with van der Waals surface area (Å²) in [6.07, 6.45) is 0. The highest BCUT2D eigenvalue weighted by atomic mass is 32.2. The van der Waals surface area contributed by atoms with Crippen LogP contribution in [0.1, 0.15) is 18.1 Å². The van der Waals surface area contributed by atoms with Gasteiger partial charge in [-0.25, -0.2) is 4.98 Å². The Morgan fingerprint density at radius 1 is 1.23 bits per heavy atom. The summed E-state index contributed by atoms with van der Waals surface area (Å²) < 4.78 is 5.44. The van der Waals surface area contributed by atoms with E-state index >= 15 is 0 Å². The molecule has 0 spiro atoms. The van der Waals surface area contributed by atoms with Gasteiger partial charge in [0.25, 0.3) is 0 Å². The number of hydrogen-bond acceptors (Lipinski definition) is 4. The number of H-pyrrole nitrogens is 1. The monoisotopic (exact) mass is 369 g/mol. The first-order chi connectivity index (χ1) is 12.5. The number of amides is 1. The molecule has 26 heavy (non-hydrogen) atoms. The Bertz CT molecular complexity index is 890. The van der Waals surface area contributed by atoms with Crippen molar-refractivity contribution in [3.05, 3.63) is 53.6 Å². The molecule has 1 amide bonds. The standard InChI is InChI=1S/C20H23N3O2S/c1-4-25-16-8-6-15(7-9-16)12-23(3)19(24)13-26-20-21-17-10-5-14(2)11-18(17)22-20/h5-11H,4,12-13H2,1-3H3,(H,21,22). The number of carbonyl (C=O) groups excluding carboxylic acids is 1. The Balaban J connectivity index is 1.54. The van der Waals surface area contributed by atoms with Gasteiger partial charge in [-0.2, -0.15) is 0 Å². The van der Waals surface area contributed by atoms with Crippen molar-refractivity contribution in [1.29, 1.82) is 0 Å². The van der Waals surface area contributed by atoms with Crippen LogP contribution >= 0.6 is 11.8 Å². The summed E-state index contributed by atoms with van der Waals surface area (Å²) in [6.45, 7) is 5.23. The van der Waals surface area contributed by atoms with Crippen LogP contribution in [0.3, 0.4) is 0 Å². The minimum atomic E-state index is 0.0699. The molecular weight excluding hydrogens is 346 g/mol. The third kappa shape index (κ3) is 4.58. The zero-order valence-corrected chi connectivity index (χ0v) is 16.1. The molecule has 0 unspecified atom stereocenters. The maximum absolute atomic E-state index is 12.4. The number of carbonyl (C=O) groups is 1. The fraction of sp³-hybridized carbons (Fsp3) is 0.300. The zero-order chi connectivity index (χ0) is 18.5. The van der Waals surface area contributed by atoms with Crippen molar-refractivity contribution in [2.24, 2.45) is 0 Å².